The van der Waals surface area contributed by atoms with Crippen molar-refractivity contribution in [1.29, 1.82) is 0 Å². The van der Waals surface area contributed by atoms with Crippen LogP contribution in [0, 0.1) is 5.41 Å². The molecule has 2 heteroatoms. The van der Waals surface area contributed by atoms with Crippen LogP contribution < -0.4 is 5.32 Å². The number of benzene rings is 2. The molecular weight excluding hydrogens is 258 g/mol. The van der Waals surface area contributed by atoms with Gasteiger partial charge in [0.15, 0.2) is 0 Å². The van der Waals surface area contributed by atoms with E-state index in [0.29, 0.717) is 5.56 Å². The maximum Gasteiger partial charge on any atom is 0.255 e. The van der Waals surface area contributed by atoms with Crippen molar-refractivity contribution in [1.82, 2.24) is 0 Å². The number of anilines is 1. The fourth-order valence-corrected chi connectivity index (χ4v) is 1.82. The van der Waals surface area contributed by atoms with Crippen LogP contribution in [0.5, 0.6) is 0 Å². The van der Waals surface area contributed by atoms with E-state index in [1.807, 2.05) is 54.6 Å². The van der Waals surface area contributed by atoms with Crippen molar-refractivity contribution in [3.8, 4) is 0 Å². The number of rotatable bonds is 3. The Morgan fingerprint density at radius 3 is 2.14 bits per heavy atom. The predicted octanol–water partition coefficient (Wildman–Crippen LogP) is 5.00. The second-order valence-corrected chi connectivity index (χ2v) is 6.14. The highest BCUT2D eigenvalue weighted by Gasteiger charge is 2.06. The molecule has 0 aliphatic heterocycles. The van der Waals surface area contributed by atoms with E-state index < -0.39 is 0 Å². The summed E-state index contributed by atoms with van der Waals surface area (Å²) in [6, 6.07) is 17.1. The number of hydrogen-bond acceptors (Lipinski definition) is 1. The van der Waals surface area contributed by atoms with Gasteiger partial charge >= 0.3 is 0 Å². The van der Waals surface area contributed by atoms with Crippen LogP contribution in [-0.4, -0.2) is 5.91 Å². The number of hydrogen-bond donors (Lipinski definition) is 1. The normalized spacial score (nSPS) is 11.6. The van der Waals surface area contributed by atoms with Crippen LogP contribution in [0.4, 0.5) is 5.69 Å². The standard InChI is InChI=1S/C19H21NO/c1-19(2,3)14-13-15-9-11-16(12-10-15)18(21)20-17-7-5-4-6-8-17/h4-14H,1-3H3,(H,20,21)/b14-13+. The van der Waals surface area contributed by atoms with Crippen LogP contribution in [-0.2, 0) is 0 Å². The molecule has 1 amide bonds. The van der Waals surface area contributed by atoms with Gasteiger partial charge in [-0.25, -0.2) is 0 Å². The summed E-state index contributed by atoms with van der Waals surface area (Å²) in [6.07, 6.45) is 4.24. The van der Waals surface area contributed by atoms with Crippen LogP contribution in [0.15, 0.2) is 60.7 Å². The van der Waals surface area contributed by atoms with Gasteiger partial charge in [-0.1, -0.05) is 63.3 Å². The van der Waals surface area contributed by atoms with Gasteiger partial charge in [0.05, 0.1) is 0 Å². The molecule has 0 atom stereocenters. The first-order chi connectivity index (χ1) is 9.94. The highest BCUT2D eigenvalue weighted by molar-refractivity contribution is 6.04. The topological polar surface area (TPSA) is 29.1 Å². The summed E-state index contributed by atoms with van der Waals surface area (Å²) in [6.45, 7) is 6.47. The summed E-state index contributed by atoms with van der Waals surface area (Å²) in [5.41, 5.74) is 2.72. The first-order valence-corrected chi connectivity index (χ1v) is 7.10. The van der Waals surface area contributed by atoms with Crippen LogP contribution >= 0.6 is 0 Å². The number of nitrogens with one attached hydrogen (secondary N) is 1. The monoisotopic (exact) mass is 279 g/mol. The third kappa shape index (κ3) is 4.92. The third-order valence-corrected chi connectivity index (χ3v) is 2.98. The number of carbonyl (C=O) groups excluding carboxylic acids is 1. The molecule has 0 fully saturated rings. The van der Waals surface area contributed by atoms with Crippen LogP contribution in [0.3, 0.4) is 0 Å². The minimum atomic E-state index is -0.0902. The third-order valence-electron chi connectivity index (χ3n) is 2.98. The molecule has 0 radical (unpaired) electrons. The van der Waals surface area contributed by atoms with E-state index in [2.05, 4.69) is 38.2 Å². The molecule has 0 aromatic heterocycles. The fraction of sp³-hybridized carbons (Fsp3) is 0.211. The van der Waals surface area contributed by atoms with Gasteiger partial charge in [-0.2, -0.15) is 0 Å². The lowest BCUT2D eigenvalue weighted by Crippen LogP contribution is -2.11. The number of para-hydroxylation sites is 1. The van der Waals surface area contributed by atoms with Crippen molar-refractivity contribution in [2.75, 3.05) is 5.32 Å². The molecule has 2 rings (SSSR count). The maximum absolute atomic E-state index is 12.1. The number of carbonyl (C=O) groups is 1. The van der Waals surface area contributed by atoms with Gasteiger partial charge in [-0.15, -0.1) is 0 Å². The van der Waals surface area contributed by atoms with E-state index in [1.54, 1.807) is 0 Å². The summed E-state index contributed by atoms with van der Waals surface area (Å²) in [4.78, 5) is 12.1. The Balaban J connectivity index is 2.05. The SMILES string of the molecule is CC(C)(C)/C=C/c1ccc(C(=O)Nc2ccccc2)cc1. The zero-order chi connectivity index (χ0) is 15.3. The average molecular weight is 279 g/mol. The molecule has 2 nitrogen and oxygen atoms in total. The van der Waals surface area contributed by atoms with Crippen molar-refractivity contribution in [2.24, 2.45) is 5.41 Å². The molecule has 108 valence electrons. The van der Waals surface area contributed by atoms with Crippen molar-refractivity contribution < 1.29 is 4.79 Å². The zero-order valence-electron chi connectivity index (χ0n) is 12.8. The van der Waals surface area contributed by atoms with Crippen molar-refractivity contribution >= 4 is 17.7 Å². The smallest absolute Gasteiger partial charge is 0.255 e. The zero-order valence-corrected chi connectivity index (χ0v) is 12.8. The van der Waals surface area contributed by atoms with Gasteiger partial charge in [0.25, 0.3) is 5.91 Å². The molecule has 2 aromatic rings. The second-order valence-electron chi connectivity index (χ2n) is 6.14. The number of allylic oxidation sites excluding steroid dienone is 1. The predicted molar refractivity (Wildman–Crippen MR) is 89.3 cm³/mol. The Hall–Kier alpha value is -2.35. The lowest BCUT2D eigenvalue weighted by molar-refractivity contribution is 0.102. The molecule has 0 saturated heterocycles. The van der Waals surface area contributed by atoms with E-state index in [9.17, 15) is 4.79 Å². The minimum Gasteiger partial charge on any atom is -0.322 e. The van der Waals surface area contributed by atoms with Gasteiger partial charge < -0.3 is 5.32 Å². The molecule has 2 aromatic carbocycles. The Morgan fingerprint density at radius 1 is 0.952 bits per heavy atom. The minimum absolute atomic E-state index is 0.0902. The summed E-state index contributed by atoms with van der Waals surface area (Å²) >= 11 is 0. The Morgan fingerprint density at radius 2 is 1.57 bits per heavy atom. The lowest BCUT2D eigenvalue weighted by Gasteiger charge is -2.11. The highest BCUT2D eigenvalue weighted by atomic mass is 16.1. The highest BCUT2D eigenvalue weighted by Crippen LogP contribution is 2.17. The molecule has 0 bridgehead atoms. The average Bonchev–Trinajstić information content (AvgIpc) is 2.46. The first kappa shape index (κ1) is 15.0. The Labute approximate surface area is 126 Å². The van der Waals surface area contributed by atoms with Gasteiger partial charge in [-0.3, -0.25) is 4.79 Å². The van der Waals surface area contributed by atoms with Crippen molar-refractivity contribution in [3.05, 3.63) is 71.8 Å². The maximum atomic E-state index is 12.1. The molecular formula is C19H21NO. The van der Waals surface area contributed by atoms with E-state index in [0.717, 1.165) is 11.3 Å². The molecule has 0 heterocycles. The van der Waals surface area contributed by atoms with Crippen molar-refractivity contribution in [2.45, 2.75) is 20.8 Å². The summed E-state index contributed by atoms with van der Waals surface area (Å²) < 4.78 is 0. The Kier molecular flexibility index (Phi) is 4.59. The van der Waals surface area contributed by atoms with E-state index in [-0.39, 0.29) is 11.3 Å². The van der Waals surface area contributed by atoms with E-state index in [4.69, 9.17) is 0 Å². The summed E-state index contributed by atoms with van der Waals surface area (Å²) in [7, 11) is 0. The lowest BCUT2D eigenvalue weighted by atomic mass is 9.95. The number of amides is 1. The van der Waals surface area contributed by atoms with E-state index >= 15 is 0 Å². The fourth-order valence-electron chi connectivity index (χ4n) is 1.82. The van der Waals surface area contributed by atoms with Crippen LogP contribution in [0.25, 0.3) is 6.08 Å². The molecule has 0 spiro atoms. The summed E-state index contributed by atoms with van der Waals surface area (Å²) in [5, 5.41) is 2.88. The molecule has 0 unspecified atom stereocenters. The molecule has 0 aliphatic carbocycles. The van der Waals surface area contributed by atoms with Gasteiger partial charge in [0.2, 0.25) is 0 Å². The van der Waals surface area contributed by atoms with E-state index in [1.165, 1.54) is 0 Å². The van der Waals surface area contributed by atoms with Crippen LogP contribution in [0.1, 0.15) is 36.7 Å². The van der Waals surface area contributed by atoms with Crippen LogP contribution in [0.2, 0.25) is 0 Å². The largest absolute Gasteiger partial charge is 0.322 e. The summed E-state index contributed by atoms with van der Waals surface area (Å²) in [5.74, 6) is -0.0902. The van der Waals surface area contributed by atoms with Gasteiger partial charge in [0.1, 0.15) is 0 Å². The second kappa shape index (κ2) is 6.40. The van der Waals surface area contributed by atoms with Gasteiger partial charge in [0, 0.05) is 11.3 Å². The van der Waals surface area contributed by atoms with Crippen molar-refractivity contribution in [3.63, 3.8) is 0 Å². The Bertz CT molecular complexity index is 619. The van der Waals surface area contributed by atoms with Gasteiger partial charge in [-0.05, 0) is 35.2 Å². The molecule has 0 aliphatic rings. The molecule has 21 heavy (non-hydrogen) atoms. The molecule has 1 N–H and O–H groups in total. The molecule has 0 saturated carbocycles. The quantitative estimate of drug-likeness (QED) is 0.841. The first-order valence-electron chi connectivity index (χ1n) is 7.10.